The molecule has 0 aromatic heterocycles. The van der Waals surface area contributed by atoms with E-state index in [1.54, 1.807) is 12.1 Å². The third kappa shape index (κ3) is 3.94. The molecule has 1 rings (SSSR count). The average molecular weight is 301 g/mol. The van der Waals surface area contributed by atoms with E-state index < -0.39 is 0 Å². The molecule has 1 aromatic carbocycles. The maximum Gasteiger partial charge on any atom is 0.127 e. The summed E-state index contributed by atoms with van der Waals surface area (Å²) in [5, 5.41) is 3.95. The molecule has 0 fully saturated rings. The van der Waals surface area contributed by atoms with Gasteiger partial charge in [0.25, 0.3) is 0 Å². The summed E-state index contributed by atoms with van der Waals surface area (Å²) in [5.74, 6) is -0.224. The highest BCUT2D eigenvalue weighted by atomic mass is 35.5. The van der Waals surface area contributed by atoms with Crippen LogP contribution in [0.25, 0.3) is 0 Å². The molecule has 1 N–H and O–H groups in total. The second-order valence-corrected chi connectivity index (χ2v) is 6.09. The molecule has 0 heterocycles. The molecule has 0 spiro atoms. The molecule has 0 radical (unpaired) electrons. The maximum absolute atomic E-state index is 14.0. The molecule has 20 heavy (non-hydrogen) atoms. The summed E-state index contributed by atoms with van der Waals surface area (Å²) >= 11 is 5.82. The fourth-order valence-corrected chi connectivity index (χ4v) is 2.70. The monoisotopic (exact) mass is 300 g/mol. The Morgan fingerprint density at radius 3 is 2.45 bits per heavy atom. The largest absolute Gasteiger partial charge is 0.312 e. The van der Waals surface area contributed by atoms with Crippen molar-refractivity contribution in [1.29, 1.82) is 0 Å². The topological polar surface area (TPSA) is 15.3 Å². The van der Waals surface area contributed by atoms with Crippen molar-refractivity contribution < 1.29 is 4.39 Å². The Hall–Kier alpha value is -0.640. The van der Waals surface area contributed by atoms with Gasteiger partial charge in [0.15, 0.2) is 0 Å². The number of likely N-dealkylation sites (N-methyl/N-ethyl adjacent to an activating group) is 2. The molecule has 0 amide bonds. The molecular weight excluding hydrogens is 275 g/mol. The van der Waals surface area contributed by atoms with Crippen molar-refractivity contribution in [1.82, 2.24) is 10.2 Å². The summed E-state index contributed by atoms with van der Waals surface area (Å²) in [4.78, 5) is 2.22. The molecular formula is C16H26ClFN2. The van der Waals surface area contributed by atoms with Gasteiger partial charge in [0, 0.05) is 16.6 Å². The van der Waals surface area contributed by atoms with Crippen LogP contribution in [0.5, 0.6) is 0 Å². The second kappa shape index (κ2) is 7.39. The molecule has 0 aliphatic rings. The van der Waals surface area contributed by atoms with Crippen molar-refractivity contribution in [3.63, 3.8) is 0 Å². The van der Waals surface area contributed by atoms with E-state index in [9.17, 15) is 4.39 Å². The van der Waals surface area contributed by atoms with E-state index in [0.29, 0.717) is 17.0 Å². The fourth-order valence-electron chi connectivity index (χ4n) is 2.54. The van der Waals surface area contributed by atoms with Gasteiger partial charge in [-0.05, 0) is 58.1 Å². The summed E-state index contributed by atoms with van der Waals surface area (Å²) in [6.07, 6.45) is 1.65. The van der Waals surface area contributed by atoms with Crippen LogP contribution in [-0.4, -0.2) is 37.1 Å². The standard InChI is InChI=1S/C16H26ClFN2/c1-6-16(3,20(4)5)15(19-7-2)10-12-8-9-13(17)11-14(12)18/h8-9,11,15,19H,6-7,10H2,1-5H3. The van der Waals surface area contributed by atoms with E-state index in [2.05, 4.69) is 45.1 Å². The highest BCUT2D eigenvalue weighted by Gasteiger charge is 2.34. The van der Waals surface area contributed by atoms with Crippen LogP contribution >= 0.6 is 11.6 Å². The number of benzene rings is 1. The van der Waals surface area contributed by atoms with E-state index >= 15 is 0 Å². The molecule has 114 valence electrons. The molecule has 0 aliphatic carbocycles. The first-order chi connectivity index (χ1) is 9.35. The van der Waals surface area contributed by atoms with Gasteiger partial charge in [-0.25, -0.2) is 4.39 Å². The number of nitrogens with one attached hydrogen (secondary N) is 1. The SMILES string of the molecule is CCNC(Cc1ccc(Cl)cc1F)C(C)(CC)N(C)C. The lowest BCUT2D eigenvalue weighted by Gasteiger charge is -2.43. The molecule has 0 aliphatic heterocycles. The first kappa shape index (κ1) is 17.4. The predicted octanol–water partition coefficient (Wildman–Crippen LogP) is 3.73. The molecule has 1 aromatic rings. The Balaban J connectivity index is 3.02. The van der Waals surface area contributed by atoms with Gasteiger partial charge in [0.2, 0.25) is 0 Å². The van der Waals surface area contributed by atoms with Gasteiger partial charge in [-0.1, -0.05) is 31.5 Å². The number of hydrogen-bond acceptors (Lipinski definition) is 2. The molecule has 0 saturated carbocycles. The zero-order valence-electron chi connectivity index (χ0n) is 13.1. The zero-order valence-corrected chi connectivity index (χ0v) is 13.9. The van der Waals surface area contributed by atoms with Crippen LogP contribution in [0.15, 0.2) is 18.2 Å². The van der Waals surface area contributed by atoms with Gasteiger partial charge < -0.3 is 10.2 Å². The predicted molar refractivity (Wildman–Crippen MR) is 85.0 cm³/mol. The van der Waals surface area contributed by atoms with E-state index in [4.69, 9.17) is 11.6 Å². The molecule has 4 heteroatoms. The van der Waals surface area contributed by atoms with E-state index in [0.717, 1.165) is 13.0 Å². The minimum atomic E-state index is -0.224. The first-order valence-electron chi connectivity index (χ1n) is 7.19. The van der Waals surface area contributed by atoms with Gasteiger partial charge in [0.1, 0.15) is 5.82 Å². The zero-order chi connectivity index (χ0) is 15.3. The summed E-state index contributed by atoms with van der Waals surface area (Å²) in [6.45, 7) is 7.33. The summed E-state index contributed by atoms with van der Waals surface area (Å²) < 4.78 is 14.0. The van der Waals surface area contributed by atoms with Gasteiger partial charge in [-0.3, -0.25) is 0 Å². The highest BCUT2D eigenvalue weighted by Crippen LogP contribution is 2.25. The molecule has 0 bridgehead atoms. The molecule has 0 saturated heterocycles. The van der Waals surface area contributed by atoms with Crippen LogP contribution in [0.4, 0.5) is 4.39 Å². The van der Waals surface area contributed by atoms with Crippen LogP contribution in [0.1, 0.15) is 32.8 Å². The van der Waals surface area contributed by atoms with Crippen LogP contribution in [-0.2, 0) is 6.42 Å². The third-order valence-corrected chi connectivity index (χ3v) is 4.61. The van der Waals surface area contributed by atoms with Crippen LogP contribution in [0, 0.1) is 5.82 Å². The van der Waals surface area contributed by atoms with E-state index in [1.165, 1.54) is 6.07 Å². The molecule has 2 nitrogen and oxygen atoms in total. The first-order valence-corrected chi connectivity index (χ1v) is 7.57. The smallest absolute Gasteiger partial charge is 0.127 e. The minimum Gasteiger partial charge on any atom is -0.312 e. The van der Waals surface area contributed by atoms with Crippen molar-refractivity contribution in [2.24, 2.45) is 0 Å². The van der Waals surface area contributed by atoms with E-state index in [-0.39, 0.29) is 17.4 Å². The number of rotatable bonds is 7. The number of hydrogen-bond donors (Lipinski definition) is 1. The lowest BCUT2D eigenvalue weighted by atomic mass is 9.84. The summed E-state index contributed by atoms with van der Waals surface area (Å²) in [6, 6.07) is 5.11. The van der Waals surface area contributed by atoms with Crippen molar-refractivity contribution >= 4 is 11.6 Å². The van der Waals surface area contributed by atoms with Crippen LogP contribution < -0.4 is 5.32 Å². The van der Waals surface area contributed by atoms with Crippen molar-refractivity contribution in [2.45, 2.75) is 45.2 Å². The number of halogens is 2. The van der Waals surface area contributed by atoms with Crippen LogP contribution in [0.3, 0.4) is 0 Å². The van der Waals surface area contributed by atoms with Crippen LogP contribution in [0.2, 0.25) is 5.02 Å². The summed E-state index contributed by atoms with van der Waals surface area (Å²) in [7, 11) is 4.15. The Morgan fingerprint density at radius 1 is 1.35 bits per heavy atom. The molecule has 2 unspecified atom stereocenters. The number of nitrogens with zero attached hydrogens (tertiary/aromatic N) is 1. The average Bonchev–Trinajstić information content (AvgIpc) is 2.39. The Bertz CT molecular complexity index is 436. The normalized spacial score (nSPS) is 16.2. The lowest BCUT2D eigenvalue weighted by Crippen LogP contribution is -2.57. The second-order valence-electron chi connectivity index (χ2n) is 5.66. The fraction of sp³-hybridized carbons (Fsp3) is 0.625. The van der Waals surface area contributed by atoms with Crippen molar-refractivity contribution in [2.75, 3.05) is 20.6 Å². The highest BCUT2D eigenvalue weighted by molar-refractivity contribution is 6.30. The van der Waals surface area contributed by atoms with Gasteiger partial charge in [-0.2, -0.15) is 0 Å². The quantitative estimate of drug-likeness (QED) is 0.825. The van der Waals surface area contributed by atoms with Gasteiger partial charge >= 0.3 is 0 Å². The van der Waals surface area contributed by atoms with Crippen molar-refractivity contribution in [3.05, 3.63) is 34.6 Å². The maximum atomic E-state index is 14.0. The lowest BCUT2D eigenvalue weighted by molar-refractivity contribution is 0.113. The minimum absolute atomic E-state index is 0.0257. The Kier molecular flexibility index (Phi) is 6.44. The van der Waals surface area contributed by atoms with Gasteiger partial charge in [-0.15, -0.1) is 0 Å². The van der Waals surface area contributed by atoms with Gasteiger partial charge in [0.05, 0.1) is 0 Å². The van der Waals surface area contributed by atoms with E-state index in [1.807, 2.05) is 0 Å². The summed E-state index contributed by atoms with van der Waals surface area (Å²) in [5.41, 5.74) is 0.684. The Labute approximate surface area is 127 Å². The van der Waals surface area contributed by atoms with Crippen molar-refractivity contribution in [3.8, 4) is 0 Å². The molecule has 2 atom stereocenters. The Morgan fingerprint density at radius 2 is 2.00 bits per heavy atom. The third-order valence-electron chi connectivity index (χ3n) is 4.38.